The number of nitrogens with one attached hydrogen (secondary N) is 2. The van der Waals surface area contributed by atoms with E-state index >= 15 is 0 Å². The van der Waals surface area contributed by atoms with Crippen LogP contribution in [0.3, 0.4) is 0 Å². The number of amides is 3. The third-order valence-corrected chi connectivity index (χ3v) is 5.12. The number of carbonyl (C=O) groups excluding carboxylic acids is 3. The Kier molecular flexibility index (Phi) is 7.73. The molecule has 1 unspecified atom stereocenters. The van der Waals surface area contributed by atoms with Crippen molar-refractivity contribution >= 4 is 17.9 Å². The summed E-state index contributed by atoms with van der Waals surface area (Å²) in [4.78, 5) is 38.7. The predicted molar refractivity (Wildman–Crippen MR) is 120 cm³/mol. The topological polar surface area (TPSA) is 101 Å². The van der Waals surface area contributed by atoms with Crippen molar-refractivity contribution in [2.24, 2.45) is 5.92 Å². The Bertz CT molecular complexity index is 981. The summed E-state index contributed by atoms with van der Waals surface area (Å²) in [5.74, 6) is -0.480. The number of halogens is 1. The normalized spacial score (nSPS) is 16.2. The van der Waals surface area contributed by atoms with E-state index in [-0.39, 0.29) is 48.9 Å². The molecule has 1 fully saturated rings. The van der Waals surface area contributed by atoms with Crippen LogP contribution in [0.1, 0.15) is 44.2 Å². The maximum absolute atomic E-state index is 13.1. The van der Waals surface area contributed by atoms with Crippen LogP contribution in [-0.4, -0.2) is 54.6 Å². The highest BCUT2D eigenvalue weighted by molar-refractivity contribution is 5.92. The monoisotopic (exact) mass is 459 g/mol. The fraction of sp³-hybridized carbons (Fsp3) is 0.458. The van der Waals surface area contributed by atoms with E-state index in [0.29, 0.717) is 30.7 Å². The van der Waals surface area contributed by atoms with E-state index in [1.807, 2.05) is 0 Å². The van der Waals surface area contributed by atoms with Gasteiger partial charge in [0.25, 0.3) is 5.91 Å². The second-order valence-corrected chi connectivity index (χ2v) is 8.98. The lowest BCUT2D eigenvalue weighted by Gasteiger charge is -2.31. The number of furan rings is 1. The molecule has 1 atom stereocenters. The van der Waals surface area contributed by atoms with E-state index in [1.165, 1.54) is 12.1 Å². The van der Waals surface area contributed by atoms with Crippen LogP contribution in [0.15, 0.2) is 40.8 Å². The van der Waals surface area contributed by atoms with Gasteiger partial charge in [-0.2, -0.15) is 0 Å². The first-order valence-corrected chi connectivity index (χ1v) is 11.0. The highest BCUT2D eigenvalue weighted by atomic mass is 19.1. The molecule has 8 nitrogen and oxygen atoms in total. The number of nitrogens with zero attached hydrogens (tertiary/aromatic N) is 1. The van der Waals surface area contributed by atoms with Gasteiger partial charge in [-0.05, 0) is 70.0 Å². The molecule has 3 rings (SSSR count). The molecule has 1 aromatic carbocycles. The largest absolute Gasteiger partial charge is 0.451 e. The molecule has 0 radical (unpaired) electrons. The van der Waals surface area contributed by atoms with E-state index in [4.69, 9.17) is 9.15 Å². The molecule has 1 aliphatic heterocycles. The van der Waals surface area contributed by atoms with Crippen LogP contribution in [0, 0.1) is 11.7 Å². The summed E-state index contributed by atoms with van der Waals surface area (Å²) in [7, 11) is 0. The van der Waals surface area contributed by atoms with Crippen LogP contribution >= 0.6 is 0 Å². The minimum Gasteiger partial charge on any atom is -0.451 e. The fourth-order valence-corrected chi connectivity index (χ4v) is 3.56. The van der Waals surface area contributed by atoms with E-state index < -0.39 is 11.7 Å². The second-order valence-electron chi connectivity index (χ2n) is 8.98. The average Bonchev–Trinajstić information content (AvgIpc) is 3.25. The lowest BCUT2D eigenvalue weighted by molar-refractivity contribution is -0.126. The minimum absolute atomic E-state index is 0.162. The summed E-state index contributed by atoms with van der Waals surface area (Å²) in [5.41, 5.74) is 0.0884. The van der Waals surface area contributed by atoms with Gasteiger partial charge in [-0.25, -0.2) is 9.18 Å². The van der Waals surface area contributed by atoms with E-state index in [0.717, 1.165) is 0 Å². The lowest BCUT2D eigenvalue weighted by atomic mass is 9.97. The number of hydrogen-bond donors (Lipinski definition) is 2. The standard InChI is InChI=1S/C24H30FN3O5/c1-24(2,3)33-23(31)27-13-12-26-21(29)17-5-4-14-28(15-17)22(30)20-11-10-19(32-20)16-6-8-18(25)9-7-16/h6-11,17H,4-5,12-15H2,1-3H3,(H,26,29)(H,27,31). The van der Waals surface area contributed by atoms with E-state index in [1.54, 1.807) is 49.9 Å². The number of hydrogen-bond acceptors (Lipinski definition) is 5. The molecule has 0 bridgehead atoms. The average molecular weight is 460 g/mol. The summed E-state index contributed by atoms with van der Waals surface area (Å²) in [6.07, 6.45) is 0.837. The van der Waals surface area contributed by atoms with E-state index in [2.05, 4.69) is 10.6 Å². The van der Waals surface area contributed by atoms with Gasteiger partial charge >= 0.3 is 6.09 Å². The van der Waals surface area contributed by atoms with Crippen molar-refractivity contribution in [2.45, 2.75) is 39.2 Å². The number of likely N-dealkylation sites (tertiary alicyclic amines) is 1. The number of benzene rings is 1. The van der Waals surface area contributed by atoms with Crippen molar-refractivity contribution in [3.63, 3.8) is 0 Å². The van der Waals surface area contributed by atoms with Crippen LogP contribution in [-0.2, 0) is 9.53 Å². The number of ether oxygens (including phenoxy) is 1. The number of alkyl carbamates (subject to hydrolysis) is 1. The molecule has 0 saturated carbocycles. The van der Waals surface area contributed by atoms with Crippen LogP contribution in [0.25, 0.3) is 11.3 Å². The highest BCUT2D eigenvalue weighted by Crippen LogP contribution is 2.25. The smallest absolute Gasteiger partial charge is 0.407 e. The molecule has 2 aromatic rings. The third kappa shape index (κ3) is 7.06. The highest BCUT2D eigenvalue weighted by Gasteiger charge is 2.30. The Morgan fingerprint density at radius 2 is 1.79 bits per heavy atom. The molecule has 9 heteroatoms. The first kappa shape index (κ1) is 24.3. The molecule has 2 N–H and O–H groups in total. The van der Waals surface area contributed by atoms with Gasteiger partial charge in [-0.1, -0.05) is 0 Å². The van der Waals surface area contributed by atoms with Crippen molar-refractivity contribution < 1.29 is 27.9 Å². The van der Waals surface area contributed by atoms with Gasteiger partial charge in [0.15, 0.2) is 5.76 Å². The minimum atomic E-state index is -0.584. The van der Waals surface area contributed by atoms with Crippen LogP contribution in [0.4, 0.5) is 9.18 Å². The molecule has 1 aliphatic rings. The molecular formula is C24H30FN3O5. The quantitative estimate of drug-likeness (QED) is 0.643. The first-order chi connectivity index (χ1) is 15.6. The van der Waals surface area contributed by atoms with Crippen LogP contribution < -0.4 is 10.6 Å². The zero-order chi connectivity index (χ0) is 24.0. The zero-order valence-corrected chi connectivity index (χ0v) is 19.2. The maximum Gasteiger partial charge on any atom is 0.407 e. The number of carbonyl (C=O) groups is 3. The SMILES string of the molecule is CC(C)(C)OC(=O)NCCNC(=O)C1CCCN(C(=O)c2ccc(-c3ccc(F)cc3)o2)C1. The summed E-state index contributed by atoms with van der Waals surface area (Å²) in [6.45, 7) is 6.66. The van der Waals surface area contributed by atoms with Crippen molar-refractivity contribution in [2.75, 3.05) is 26.2 Å². The molecule has 1 aromatic heterocycles. The Labute approximate surface area is 192 Å². The molecule has 0 spiro atoms. The van der Waals surface area contributed by atoms with Gasteiger partial charge in [-0.3, -0.25) is 9.59 Å². The van der Waals surface area contributed by atoms with Gasteiger partial charge < -0.3 is 24.7 Å². The van der Waals surface area contributed by atoms with Gasteiger partial charge in [-0.15, -0.1) is 0 Å². The van der Waals surface area contributed by atoms with Crippen molar-refractivity contribution in [3.05, 3.63) is 48.0 Å². The van der Waals surface area contributed by atoms with Crippen molar-refractivity contribution in [1.82, 2.24) is 15.5 Å². The third-order valence-electron chi connectivity index (χ3n) is 5.12. The molecule has 33 heavy (non-hydrogen) atoms. The fourth-order valence-electron chi connectivity index (χ4n) is 3.56. The summed E-state index contributed by atoms with van der Waals surface area (Å²) in [6, 6.07) is 9.09. The number of piperidine rings is 1. The predicted octanol–water partition coefficient (Wildman–Crippen LogP) is 3.58. The van der Waals surface area contributed by atoms with Crippen LogP contribution in [0.5, 0.6) is 0 Å². The van der Waals surface area contributed by atoms with Crippen LogP contribution in [0.2, 0.25) is 0 Å². The summed E-state index contributed by atoms with van der Waals surface area (Å²) < 4.78 is 24.0. The van der Waals surface area contributed by atoms with Gasteiger partial charge in [0, 0.05) is 31.7 Å². The van der Waals surface area contributed by atoms with Crippen molar-refractivity contribution in [3.8, 4) is 11.3 Å². The lowest BCUT2D eigenvalue weighted by Crippen LogP contribution is -2.46. The van der Waals surface area contributed by atoms with Gasteiger partial charge in [0.05, 0.1) is 5.92 Å². The summed E-state index contributed by atoms with van der Waals surface area (Å²) >= 11 is 0. The molecule has 2 heterocycles. The molecule has 0 aliphatic carbocycles. The maximum atomic E-state index is 13.1. The van der Waals surface area contributed by atoms with Gasteiger partial charge in [0.1, 0.15) is 17.2 Å². The van der Waals surface area contributed by atoms with Gasteiger partial charge in [0.2, 0.25) is 5.91 Å². The zero-order valence-electron chi connectivity index (χ0n) is 19.2. The Morgan fingerprint density at radius 1 is 1.09 bits per heavy atom. The Morgan fingerprint density at radius 3 is 2.48 bits per heavy atom. The van der Waals surface area contributed by atoms with E-state index in [9.17, 15) is 18.8 Å². The molecule has 178 valence electrons. The molecular weight excluding hydrogens is 429 g/mol. The second kappa shape index (κ2) is 10.5. The molecule has 1 saturated heterocycles. The Hall–Kier alpha value is -3.36. The first-order valence-electron chi connectivity index (χ1n) is 11.0. The Balaban J connectivity index is 1.48. The summed E-state index contributed by atoms with van der Waals surface area (Å²) in [5, 5.41) is 5.39. The van der Waals surface area contributed by atoms with Crippen molar-refractivity contribution in [1.29, 1.82) is 0 Å². The number of rotatable bonds is 6. The molecule has 3 amide bonds.